The largest absolute Gasteiger partial charge is 0.451 e. The maximum absolute atomic E-state index is 11.8. The molecule has 128 valence electrons. The third-order valence-electron chi connectivity index (χ3n) is 3.15. The first-order chi connectivity index (χ1) is 11.4. The second kappa shape index (κ2) is 8.45. The van der Waals surface area contributed by atoms with Crippen molar-refractivity contribution in [2.75, 3.05) is 7.05 Å². The molecule has 0 aliphatic heterocycles. The molecule has 1 heterocycles. The molecule has 0 unspecified atom stereocenters. The number of sulfonamides is 1. The van der Waals surface area contributed by atoms with E-state index >= 15 is 0 Å². The SMILES string of the molecule is CNS(=O)(=O)Cc1ccc(CNC(=O)/C=C/c2ccc(I)o2)cc1. The van der Waals surface area contributed by atoms with Gasteiger partial charge < -0.3 is 9.73 Å². The van der Waals surface area contributed by atoms with Crippen molar-refractivity contribution in [1.29, 1.82) is 0 Å². The van der Waals surface area contributed by atoms with Crippen LogP contribution in [0.15, 0.2) is 46.9 Å². The average Bonchev–Trinajstić information content (AvgIpc) is 2.97. The Morgan fingerprint density at radius 3 is 2.42 bits per heavy atom. The predicted octanol–water partition coefficient (Wildman–Crippen LogP) is 2.26. The molecule has 0 aliphatic carbocycles. The number of nitrogens with one attached hydrogen (secondary N) is 2. The van der Waals surface area contributed by atoms with E-state index in [0.29, 0.717) is 17.9 Å². The zero-order chi connectivity index (χ0) is 17.6. The normalized spacial score (nSPS) is 11.8. The number of benzene rings is 1. The van der Waals surface area contributed by atoms with Gasteiger partial charge in [-0.05, 0) is 59.0 Å². The summed E-state index contributed by atoms with van der Waals surface area (Å²) in [7, 11) is -1.90. The van der Waals surface area contributed by atoms with Gasteiger partial charge in [0.05, 0.1) is 5.75 Å². The number of carbonyl (C=O) groups excluding carboxylic acids is 1. The highest BCUT2D eigenvalue weighted by atomic mass is 127. The van der Waals surface area contributed by atoms with E-state index in [2.05, 4.69) is 32.6 Å². The fraction of sp³-hybridized carbons (Fsp3) is 0.188. The van der Waals surface area contributed by atoms with E-state index in [4.69, 9.17) is 4.42 Å². The van der Waals surface area contributed by atoms with Crippen molar-refractivity contribution in [3.8, 4) is 0 Å². The molecule has 0 radical (unpaired) electrons. The van der Waals surface area contributed by atoms with Crippen LogP contribution in [0.4, 0.5) is 0 Å². The Balaban J connectivity index is 1.85. The summed E-state index contributed by atoms with van der Waals surface area (Å²) in [5, 5.41) is 2.76. The van der Waals surface area contributed by atoms with Crippen LogP contribution in [0.2, 0.25) is 0 Å². The van der Waals surface area contributed by atoms with E-state index in [1.165, 1.54) is 13.1 Å². The first kappa shape index (κ1) is 18.7. The molecule has 0 fully saturated rings. The van der Waals surface area contributed by atoms with E-state index in [9.17, 15) is 13.2 Å². The molecule has 8 heteroatoms. The summed E-state index contributed by atoms with van der Waals surface area (Å²) < 4.78 is 31.3. The average molecular weight is 460 g/mol. The van der Waals surface area contributed by atoms with Crippen LogP contribution < -0.4 is 10.0 Å². The summed E-state index contributed by atoms with van der Waals surface area (Å²) >= 11 is 2.05. The summed E-state index contributed by atoms with van der Waals surface area (Å²) in [5.41, 5.74) is 1.57. The molecule has 2 N–H and O–H groups in total. The summed E-state index contributed by atoms with van der Waals surface area (Å²) in [6, 6.07) is 10.6. The zero-order valence-electron chi connectivity index (χ0n) is 13.0. The topological polar surface area (TPSA) is 88.4 Å². The van der Waals surface area contributed by atoms with Gasteiger partial charge in [-0.2, -0.15) is 0 Å². The Morgan fingerprint density at radius 2 is 1.83 bits per heavy atom. The molecule has 0 atom stereocenters. The number of amides is 1. The van der Waals surface area contributed by atoms with Gasteiger partial charge in [0.25, 0.3) is 0 Å². The standard InChI is InChI=1S/C16H17IN2O4S/c1-18-24(21,22)11-13-4-2-12(3-5-13)10-19-16(20)9-7-14-6-8-15(17)23-14/h2-9,18H,10-11H2,1H3,(H,19,20)/b9-7+. The Morgan fingerprint density at radius 1 is 1.17 bits per heavy atom. The van der Waals surface area contributed by atoms with Crippen LogP contribution in [0, 0.1) is 3.77 Å². The van der Waals surface area contributed by atoms with E-state index in [-0.39, 0.29) is 11.7 Å². The summed E-state index contributed by atoms with van der Waals surface area (Å²) in [6.07, 6.45) is 3.01. The zero-order valence-corrected chi connectivity index (χ0v) is 15.9. The van der Waals surface area contributed by atoms with Gasteiger partial charge >= 0.3 is 0 Å². The van der Waals surface area contributed by atoms with Gasteiger partial charge in [-0.3, -0.25) is 4.79 Å². The van der Waals surface area contributed by atoms with Gasteiger partial charge in [-0.25, -0.2) is 13.1 Å². The molecule has 0 aliphatic rings. The molecule has 1 aromatic heterocycles. The van der Waals surface area contributed by atoms with Crippen molar-refractivity contribution in [3.05, 3.63) is 63.1 Å². The molecule has 0 spiro atoms. The number of hydrogen-bond donors (Lipinski definition) is 2. The minimum Gasteiger partial charge on any atom is -0.451 e. The van der Waals surface area contributed by atoms with Crippen LogP contribution in [0.3, 0.4) is 0 Å². The first-order valence-corrected chi connectivity index (χ1v) is 9.81. The van der Waals surface area contributed by atoms with Gasteiger partial charge in [0.1, 0.15) is 5.76 Å². The predicted molar refractivity (Wildman–Crippen MR) is 100 cm³/mol. The van der Waals surface area contributed by atoms with Crippen molar-refractivity contribution in [1.82, 2.24) is 10.0 Å². The number of furan rings is 1. The maximum Gasteiger partial charge on any atom is 0.244 e. The van der Waals surface area contributed by atoms with Crippen LogP contribution in [0.1, 0.15) is 16.9 Å². The lowest BCUT2D eigenvalue weighted by Crippen LogP contribution is -2.21. The van der Waals surface area contributed by atoms with Crippen LogP contribution in [-0.2, 0) is 27.1 Å². The molecular weight excluding hydrogens is 443 g/mol. The molecule has 1 amide bonds. The number of hydrogen-bond acceptors (Lipinski definition) is 4. The Labute approximate surface area is 154 Å². The highest BCUT2D eigenvalue weighted by Gasteiger charge is 2.08. The highest BCUT2D eigenvalue weighted by Crippen LogP contribution is 2.11. The van der Waals surface area contributed by atoms with Gasteiger partial charge in [0.2, 0.25) is 15.9 Å². The molecule has 2 rings (SSSR count). The number of halogens is 1. The fourth-order valence-corrected chi connectivity index (χ4v) is 3.08. The second-order valence-electron chi connectivity index (χ2n) is 4.97. The van der Waals surface area contributed by atoms with E-state index < -0.39 is 10.0 Å². The van der Waals surface area contributed by atoms with E-state index in [1.807, 2.05) is 6.07 Å². The molecule has 0 bridgehead atoms. The van der Waals surface area contributed by atoms with Crippen LogP contribution in [0.5, 0.6) is 0 Å². The third kappa shape index (κ3) is 6.10. The maximum atomic E-state index is 11.8. The van der Waals surface area contributed by atoms with Crippen LogP contribution in [-0.4, -0.2) is 21.4 Å². The quantitative estimate of drug-likeness (QED) is 0.490. The van der Waals surface area contributed by atoms with Crippen LogP contribution >= 0.6 is 22.6 Å². The minimum absolute atomic E-state index is 0.0686. The van der Waals surface area contributed by atoms with Crippen molar-refractivity contribution in [3.63, 3.8) is 0 Å². The highest BCUT2D eigenvalue weighted by molar-refractivity contribution is 14.1. The Bertz CT molecular complexity index is 826. The van der Waals surface area contributed by atoms with Crippen molar-refractivity contribution in [2.24, 2.45) is 0 Å². The van der Waals surface area contributed by atoms with Gasteiger partial charge in [-0.15, -0.1) is 0 Å². The number of rotatable bonds is 7. The molecule has 6 nitrogen and oxygen atoms in total. The number of carbonyl (C=O) groups is 1. The van der Waals surface area contributed by atoms with E-state index in [1.54, 1.807) is 36.4 Å². The monoisotopic (exact) mass is 460 g/mol. The fourth-order valence-electron chi connectivity index (χ4n) is 1.87. The summed E-state index contributed by atoms with van der Waals surface area (Å²) in [4.78, 5) is 11.8. The molecule has 0 saturated heterocycles. The molecule has 1 aromatic carbocycles. The molecule has 2 aromatic rings. The smallest absolute Gasteiger partial charge is 0.244 e. The summed E-state index contributed by atoms with van der Waals surface area (Å²) in [6.45, 7) is 0.359. The minimum atomic E-state index is -3.28. The lowest BCUT2D eigenvalue weighted by atomic mass is 10.1. The van der Waals surface area contributed by atoms with Gasteiger partial charge in [0, 0.05) is 12.6 Å². The third-order valence-corrected chi connectivity index (χ3v) is 5.07. The van der Waals surface area contributed by atoms with Crippen LogP contribution in [0.25, 0.3) is 6.08 Å². The molecule has 24 heavy (non-hydrogen) atoms. The van der Waals surface area contributed by atoms with Crippen molar-refractivity contribution in [2.45, 2.75) is 12.3 Å². The van der Waals surface area contributed by atoms with Crippen molar-refractivity contribution < 1.29 is 17.6 Å². The Hall–Kier alpha value is -1.65. The lowest BCUT2D eigenvalue weighted by molar-refractivity contribution is -0.116. The van der Waals surface area contributed by atoms with E-state index in [0.717, 1.165) is 9.33 Å². The molecule has 0 saturated carbocycles. The molecular formula is C16H17IN2O4S. The first-order valence-electron chi connectivity index (χ1n) is 7.08. The van der Waals surface area contributed by atoms with Crippen molar-refractivity contribution >= 4 is 44.6 Å². The van der Waals surface area contributed by atoms with Gasteiger partial charge in [-0.1, -0.05) is 24.3 Å². The van der Waals surface area contributed by atoms with Gasteiger partial charge in [0.15, 0.2) is 3.77 Å². The second-order valence-corrected chi connectivity index (χ2v) is 7.96. The Kier molecular flexibility index (Phi) is 6.58. The lowest BCUT2D eigenvalue weighted by Gasteiger charge is -2.05. The summed E-state index contributed by atoms with van der Waals surface area (Å²) in [5.74, 6) is 0.314.